The lowest BCUT2D eigenvalue weighted by Crippen LogP contribution is -2.32. The Morgan fingerprint density at radius 2 is 1.96 bits per heavy atom. The summed E-state index contributed by atoms with van der Waals surface area (Å²) in [5, 5.41) is 14.2. The SMILES string of the molecule is COc1cccc(C=Nn2c(=O)[nH]c3ccccc3c2=O)c1O. The highest BCUT2D eigenvalue weighted by Crippen LogP contribution is 2.27. The van der Waals surface area contributed by atoms with Crippen molar-refractivity contribution >= 4 is 17.1 Å². The van der Waals surface area contributed by atoms with Crippen molar-refractivity contribution in [3.05, 3.63) is 68.9 Å². The lowest BCUT2D eigenvalue weighted by Gasteiger charge is -2.05. The molecule has 7 nitrogen and oxygen atoms in total. The summed E-state index contributed by atoms with van der Waals surface area (Å²) < 4.78 is 5.70. The van der Waals surface area contributed by atoms with E-state index < -0.39 is 11.2 Å². The predicted molar refractivity (Wildman–Crippen MR) is 86.5 cm³/mol. The standard InChI is InChI=1S/C16H13N3O4/c1-23-13-8-4-5-10(14(13)20)9-17-19-15(21)11-6-2-3-7-12(11)18-16(19)22/h2-9,20H,1H3,(H,18,22). The van der Waals surface area contributed by atoms with Crippen LogP contribution in [0.3, 0.4) is 0 Å². The number of hydrogen-bond acceptors (Lipinski definition) is 5. The molecule has 116 valence electrons. The number of aromatic amines is 1. The number of para-hydroxylation sites is 2. The highest BCUT2D eigenvalue weighted by molar-refractivity contribution is 5.85. The van der Waals surface area contributed by atoms with Crippen LogP contribution in [-0.4, -0.2) is 28.1 Å². The summed E-state index contributed by atoms with van der Waals surface area (Å²) in [5.74, 6) is 0.151. The smallest absolute Gasteiger partial charge is 0.349 e. The Hall–Kier alpha value is -3.35. The van der Waals surface area contributed by atoms with Crippen LogP contribution in [0, 0.1) is 0 Å². The Morgan fingerprint density at radius 3 is 2.74 bits per heavy atom. The number of H-pyrrole nitrogens is 1. The first kappa shape index (κ1) is 14.6. The van der Waals surface area contributed by atoms with Crippen LogP contribution in [-0.2, 0) is 0 Å². The summed E-state index contributed by atoms with van der Waals surface area (Å²) in [6, 6.07) is 11.5. The van der Waals surface area contributed by atoms with Gasteiger partial charge in [-0.05, 0) is 24.3 Å². The monoisotopic (exact) mass is 311 g/mol. The normalized spacial score (nSPS) is 11.2. The number of phenolic OH excluding ortho intramolecular Hbond substituents is 1. The van der Waals surface area contributed by atoms with Crippen molar-refractivity contribution in [1.29, 1.82) is 0 Å². The lowest BCUT2D eigenvalue weighted by atomic mass is 10.2. The molecule has 0 aliphatic heterocycles. The highest BCUT2D eigenvalue weighted by Gasteiger charge is 2.07. The number of rotatable bonds is 3. The van der Waals surface area contributed by atoms with E-state index in [0.29, 0.717) is 21.1 Å². The molecule has 23 heavy (non-hydrogen) atoms. The van der Waals surface area contributed by atoms with Crippen molar-refractivity contribution in [1.82, 2.24) is 9.66 Å². The van der Waals surface area contributed by atoms with Crippen LogP contribution in [0.2, 0.25) is 0 Å². The van der Waals surface area contributed by atoms with E-state index in [9.17, 15) is 14.7 Å². The minimum Gasteiger partial charge on any atom is -0.504 e. The van der Waals surface area contributed by atoms with E-state index in [2.05, 4.69) is 10.1 Å². The fourth-order valence-corrected chi connectivity index (χ4v) is 2.19. The first-order valence-electron chi connectivity index (χ1n) is 6.76. The van der Waals surface area contributed by atoms with Crippen LogP contribution in [0.4, 0.5) is 0 Å². The van der Waals surface area contributed by atoms with E-state index in [4.69, 9.17) is 4.74 Å². The average Bonchev–Trinajstić information content (AvgIpc) is 2.56. The van der Waals surface area contributed by atoms with Gasteiger partial charge < -0.3 is 14.8 Å². The minimum absolute atomic E-state index is 0.121. The molecular formula is C16H13N3O4. The zero-order chi connectivity index (χ0) is 16.4. The van der Waals surface area contributed by atoms with E-state index in [0.717, 1.165) is 0 Å². The maximum Gasteiger partial charge on any atom is 0.349 e. The van der Waals surface area contributed by atoms with Gasteiger partial charge in [-0.25, -0.2) is 4.79 Å². The van der Waals surface area contributed by atoms with Crippen molar-refractivity contribution in [3.8, 4) is 11.5 Å². The average molecular weight is 311 g/mol. The molecule has 0 unspecified atom stereocenters. The van der Waals surface area contributed by atoms with Gasteiger partial charge in [-0.15, -0.1) is 4.68 Å². The van der Waals surface area contributed by atoms with E-state index in [-0.39, 0.29) is 11.5 Å². The summed E-state index contributed by atoms with van der Waals surface area (Å²) in [6.45, 7) is 0. The number of benzene rings is 2. The van der Waals surface area contributed by atoms with Gasteiger partial charge in [0.05, 0.1) is 24.2 Å². The molecule has 2 N–H and O–H groups in total. The molecule has 0 saturated heterocycles. The van der Waals surface area contributed by atoms with Gasteiger partial charge in [0.15, 0.2) is 11.5 Å². The fourth-order valence-electron chi connectivity index (χ4n) is 2.19. The van der Waals surface area contributed by atoms with Gasteiger partial charge in [0, 0.05) is 5.56 Å². The maximum absolute atomic E-state index is 12.3. The summed E-state index contributed by atoms with van der Waals surface area (Å²) in [5.41, 5.74) is -0.433. The first-order valence-corrected chi connectivity index (χ1v) is 6.76. The molecule has 3 aromatic rings. The first-order chi connectivity index (χ1) is 11.1. The summed E-state index contributed by atoms with van der Waals surface area (Å²) >= 11 is 0. The Morgan fingerprint density at radius 1 is 1.17 bits per heavy atom. The second-order valence-corrected chi connectivity index (χ2v) is 4.74. The Kier molecular flexibility index (Phi) is 3.68. The molecule has 0 aliphatic carbocycles. The predicted octanol–water partition coefficient (Wildman–Crippen LogP) is 1.29. The maximum atomic E-state index is 12.3. The van der Waals surface area contributed by atoms with Crippen LogP contribution in [0.15, 0.2) is 57.2 Å². The number of methoxy groups -OCH3 is 1. The second-order valence-electron chi connectivity index (χ2n) is 4.74. The van der Waals surface area contributed by atoms with Gasteiger partial charge in [-0.3, -0.25) is 4.79 Å². The van der Waals surface area contributed by atoms with Crippen molar-refractivity contribution in [2.45, 2.75) is 0 Å². The van der Waals surface area contributed by atoms with E-state index in [1.54, 1.807) is 42.5 Å². The lowest BCUT2D eigenvalue weighted by molar-refractivity contribution is 0.373. The van der Waals surface area contributed by atoms with Gasteiger partial charge in [0.25, 0.3) is 5.56 Å². The van der Waals surface area contributed by atoms with Crippen LogP contribution >= 0.6 is 0 Å². The zero-order valence-corrected chi connectivity index (χ0v) is 12.2. The summed E-state index contributed by atoms with van der Waals surface area (Å²) in [7, 11) is 1.43. The third kappa shape index (κ3) is 2.59. The van der Waals surface area contributed by atoms with Crippen molar-refractivity contribution in [3.63, 3.8) is 0 Å². The molecule has 2 aromatic carbocycles. The van der Waals surface area contributed by atoms with Crippen molar-refractivity contribution in [2.75, 3.05) is 7.11 Å². The minimum atomic E-state index is -0.660. The molecule has 0 bridgehead atoms. The second kappa shape index (κ2) is 5.80. The Balaban J connectivity index is 2.12. The van der Waals surface area contributed by atoms with Crippen LogP contribution in [0.5, 0.6) is 11.5 Å². The molecule has 3 rings (SSSR count). The Labute approximate surface area is 130 Å². The highest BCUT2D eigenvalue weighted by atomic mass is 16.5. The van der Waals surface area contributed by atoms with Crippen LogP contribution in [0.25, 0.3) is 10.9 Å². The van der Waals surface area contributed by atoms with Crippen molar-refractivity contribution < 1.29 is 9.84 Å². The number of fused-ring (bicyclic) bond motifs is 1. The number of nitrogens with one attached hydrogen (secondary N) is 1. The van der Waals surface area contributed by atoms with Gasteiger partial charge in [0.1, 0.15) is 0 Å². The molecular weight excluding hydrogens is 298 g/mol. The summed E-state index contributed by atoms with van der Waals surface area (Å²) in [6.07, 6.45) is 1.23. The molecule has 0 aliphatic rings. The number of phenols is 1. The largest absolute Gasteiger partial charge is 0.504 e. The molecule has 0 fully saturated rings. The van der Waals surface area contributed by atoms with Gasteiger partial charge >= 0.3 is 5.69 Å². The topological polar surface area (TPSA) is 96.7 Å². The third-order valence-electron chi connectivity index (χ3n) is 3.35. The van der Waals surface area contributed by atoms with Gasteiger partial charge in [-0.2, -0.15) is 5.10 Å². The van der Waals surface area contributed by atoms with Gasteiger partial charge in [0.2, 0.25) is 0 Å². The third-order valence-corrected chi connectivity index (χ3v) is 3.35. The summed E-state index contributed by atoms with van der Waals surface area (Å²) in [4.78, 5) is 26.9. The molecule has 0 saturated carbocycles. The number of ether oxygens (including phenoxy) is 1. The molecule has 1 aromatic heterocycles. The molecule has 0 radical (unpaired) electrons. The molecule has 0 atom stereocenters. The van der Waals surface area contributed by atoms with E-state index >= 15 is 0 Å². The molecule has 0 amide bonds. The quantitative estimate of drug-likeness (QED) is 0.712. The fraction of sp³-hybridized carbons (Fsp3) is 0.0625. The van der Waals surface area contributed by atoms with Crippen LogP contribution < -0.4 is 16.0 Å². The number of nitrogens with zero attached hydrogens (tertiary/aromatic N) is 2. The van der Waals surface area contributed by atoms with E-state index in [1.165, 1.54) is 13.3 Å². The van der Waals surface area contributed by atoms with Gasteiger partial charge in [-0.1, -0.05) is 18.2 Å². The number of hydrogen-bond donors (Lipinski definition) is 2. The van der Waals surface area contributed by atoms with E-state index in [1.807, 2.05) is 0 Å². The number of aromatic hydroxyl groups is 1. The Bertz CT molecular complexity index is 1020. The number of aromatic nitrogens is 2. The molecule has 1 heterocycles. The zero-order valence-electron chi connectivity index (χ0n) is 12.2. The molecule has 0 spiro atoms. The van der Waals surface area contributed by atoms with Crippen LogP contribution in [0.1, 0.15) is 5.56 Å². The molecule has 7 heteroatoms. The van der Waals surface area contributed by atoms with Crippen molar-refractivity contribution in [2.24, 2.45) is 5.10 Å².